The number of nitrogens with one attached hydrogen (secondary N) is 1. The number of hydrogen-bond acceptors (Lipinski definition) is 4. The SMILES string of the molecule is CC(c1cccnc1)n1c(=S)[nH]c2sccc2c1=O. The minimum Gasteiger partial charge on any atom is -0.323 e. The molecule has 0 amide bonds. The van der Waals surface area contributed by atoms with Crippen LogP contribution in [0.5, 0.6) is 0 Å². The Morgan fingerprint density at radius 1 is 1.47 bits per heavy atom. The predicted molar refractivity (Wildman–Crippen MR) is 79.3 cm³/mol. The maximum absolute atomic E-state index is 12.5. The Bertz CT molecular complexity index is 832. The highest BCUT2D eigenvalue weighted by Crippen LogP contribution is 2.19. The van der Waals surface area contributed by atoms with Crippen LogP contribution in [0.25, 0.3) is 10.2 Å². The molecule has 1 N–H and O–H groups in total. The van der Waals surface area contributed by atoms with Crippen molar-refractivity contribution in [2.45, 2.75) is 13.0 Å². The lowest BCUT2D eigenvalue weighted by molar-refractivity contribution is 0.598. The normalized spacial score (nSPS) is 12.7. The molecule has 3 heterocycles. The zero-order valence-corrected chi connectivity index (χ0v) is 11.8. The summed E-state index contributed by atoms with van der Waals surface area (Å²) >= 11 is 6.79. The summed E-state index contributed by atoms with van der Waals surface area (Å²) < 4.78 is 2.04. The molecule has 0 bridgehead atoms. The van der Waals surface area contributed by atoms with Crippen LogP contribution in [0.4, 0.5) is 0 Å². The van der Waals surface area contributed by atoms with Crippen molar-refractivity contribution >= 4 is 33.8 Å². The van der Waals surface area contributed by atoms with Gasteiger partial charge in [-0.05, 0) is 42.2 Å². The van der Waals surface area contributed by atoms with Crippen LogP contribution in [-0.4, -0.2) is 14.5 Å². The van der Waals surface area contributed by atoms with Gasteiger partial charge in [0.05, 0.1) is 11.4 Å². The van der Waals surface area contributed by atoms with Crippen molar-refractivity contribution in [2.24, 2.45) is 0 Å². The summed E-state index contributed by atoms with van der Waals surface area (Å²) in [5, 5.41) is 2.56. The molecule has 0 saturated heterocycles. The van der Waals surface area contributed by atoms with Gasteiger partial charge in [-0.15, -0.1) is 11.3 Å². The van der Waals surface area contributed by atoms with Gasteiger partial charge in [-0.1, -0.05) is 6.07 Å². The minimum atomic E-state index is -0.144. The number of aromatic nitrogens is 3. The molecule has 0 aliphatic rings. The van der Waals surface area contributed by atoms with Gasteiger partial charge in [0, 0.05) is 12.4 Å². The molecule has 1 unspecified atom stereocenters. The second kappa shape index (κ2) is 4.71. The van der Waals surface area contributed by atoms with Crippen LogP contribution < -0.4 is 5.56 Å². The number of aromatic amines is 1. The second-order valence-corrected chi connectivity index (χ2v) is 5.53. The first kappa shape index (κ1) is 12.3. The summed E-state index contributed by atoms with van der Waals surface area (Å²) in [6, 6.07) is 5.47. The molecule has 1 atom stereocenters. The molecule has 6 heteroatoms. The van der Waals surface area contributed by atoms with Gasteiger partial charge in [-0.3, -0.25) is 14.3 Å². The van der Waals surface area contributed by atoms with Gasteiger partial charge in [0.25, 0.3) is 5.56 Å². The van der Waals surface area contributed by atoms with Crippen LogP contribution in [-0.2, 0) is 0 Å². The molecule has 3 aromatic rings. The predicted octanol–water partition coefficient (Wildman–Crippen LogP) is 3.12. The lowest BCUT2D eigenvalue weighted by Gasteiger charge is -2.15. The first-order valence-electron chi connectivity index (χ1n) is 5.80. The van der Waals surface area contributed by atoms with Gasteiger partial charge < -0.3 is 4.98 Å². The van der Waals surface area contributed by atoms with E-state index in [2.05, 4.69) is 9.97 Å². The van der Waals surface area contributed by atoms with Crippen LogP contribution in [0.3, 0.4) is 0 Å². The Morgan fingerprint density at radius 2 is 2.32 bits per heavy atom. The van der Waals surface area contributed by atoms with E-state index in [0.29, 0.717) is 10.2 Å². The molecule has 0 radical (unpaired) electrons. The monoisotopic (exact) mass is 289 g/mol. The molecular weight excluding hydrogens is 278 g/mol. The molecule has 19 heavy (non-hydrogen) atoms. The zero-order valence-electron chi connectivity index (χ0n) is 10.2. The van der Waals surface area contributed by atoms with E-state index < -0.39 is 0 Å². The second-order valence-electron chi connectivity index (χ2n) is 4.23. The van der Waals surface area contributed by atoms with Crippen molar-refractivity contribution < 1.29 is 0 Å². The summed E-state index contributed by atoms with van der Waals surface area (Å²) in [6.45, 7) is 1.94. The molecule has 3 aromatic heterocycles. The lowest BCUT2D eigenvalue weighted by Crippen LogP contribution is -2.25. The van der Waals surface area contributed by atoms with Gasteiger partial charge in [0.15, 0.2) is 4.77 Å². The average Bonchev–Trinajstić information content (AvgIpc) is 2.88. The highest BCUT2D eigenvalue weighted by Gasteiger charge is 2.14. The van der Waals surface area contributed by atoms with Gasteiger partial charge in [0.2, 0.25) is 0 Å². The van der Waals surface area contributed by atoms with Crippen molar-refractivity contribution in [1.82, 2.24) is 14.5 Å². The van der Waals surface area contributed by atoms with E-state index in [1.54, 1.807) is 17.0 Å². The summed E-state index contributed by atoms with van der Waals surface area (Å²) in [4.78, 5) is 20.5. The Labute approximate surface area is 118 Å². The summed E-state index contributed by atoms with van der Waals surface area (Å²) in [6.07, 6.45) is 3.46. The Morgan fingerprint density at radius 3 is 3.05 bits per heavy atom. The topological polar surface area (TPSA) is 50.7 Å². The molecule has 4 nitrogen and oxygen atoms in total. The van der Waals surface area contributed by atoms with Gasteiger partial charge in [-0.2, -0.15) is 0 Å². The third-order valence-electron chi connectivity index (χ3n) is 3.11. The van der Waals surface area contributed by atoms with E-state index in [1.807, 2.05) is 30.5 Å². The molecule has 96 valence electrons. The summed E-state index contributed by atoms with van der Waals surface area (Å²) in [5.74, 6) is 0. The highest BCUT2D eigenvalue weighted by atomic mass is 32.1. The van der Waals surface area contributed by atoms with E-state index in [1.165, 1.54) is 11.3 Å². The molecular formula is C13H11N3OS2. The zero-order chi connectivity index (χ0) is 13.4. The first-order valence-corrected chi connectivity index (χ1v) is 7.09. The average molecular weight is 289 g/mol. The van der Waals surface area contributed by atoms with Gasteiger partial charge in [-0.25, -0.2) is 0 Å². The van der Waals surface area contributed by atoms with Crippen molar-refractivity contribution in [3.8, 4) is 0 Å². The Balaban J connectivity index is 2.26. The maximum atomic E-state index is 12.5. The fraction of sp³-hybridized carbons (Fsp3) is 0.154. The van der Waals surface area contributed by atoms with Crippen molar-refractivity contribution in [2.75, 3.05) is 0 Å². The molecule has 3 rings (SSSR count). The molecule has 0 aliphatic heterocycles. The Hall–Kier alpha value is -1.79. The van der Waals surface area contributed by atoms with E-state index >= 15 is 0 Å². The standard InChI is InChI=1S/C13H11N3OS2/c1-8(9-3-2-5-14-7-9)16-12(17)10-4-6-19-11(10)15-13(16)18/h2-8H,1H3,(H,15,18). The van der Waals surface area contributed by atoms with Crippen LogP contribution in [0, 0.1) is 4.77 Å². The molecule has 0 fully saturated rings. The summed E-state index contributed by atoms with van der Waals surface area (Å²) in [5.41, 5.74) is 0.898. The van der Waals surface area contributed by atoms with Crippen molar-refractivity contribution in [3.05, 3.63) is 56.7 Å². The lowest BCUT2D eigenvalue weighted by atomic mass is 10.1. The molecule has 0 spiro atoms. The summed E-state index contributed by atoms with van der Waals surface area (Å²) in [7, 11) is 0. The number of nitrogens with zero attached hydrogens (tertiary/aromatic N) is 2. The molecule has 0 saturated carbocycles. The number of thiophene rings is 1. The van der Waals surface area contributed by atoms with E-state index in [9.17, 15) is 4.79 Å². The van der Waals surface area contributed by atoms with Crippen LogP contribution >= 0.6 is 23.6 Å². The fourth-order valence-electron chi connectivity index (χ4n) is 2.08. The van der Waals surface area contributed by atoms with E-state index in [0.717, 1.165) is 10.4 Å². The number of pyridine rings is 1. The molecule has 0 aliphatic carbocycles. The number of rotatable bonds is 2. The van der Waals surface area contributed by atoms with Crippen molar-refractivity contribution in [1.29, 1.82) is 0 Å². The third kappa shape index (κ3) is 2.02. The molecule has 0 aromatic carbocycles. The smallest absolute Gasteiger partial charge is 0.263 e. The van der Waals surface area contributed by atoms with E-state index in [4.69, 9.17) is 12.2 Å². The number of hydrogen-bond donors (Lipinski definition) is 1. The fourth-order valence-corrected chi connectivity index (χ4v) is 3.26. The quantitative estimate of drug-likeness (QED) is 0.737. The van der Waals surface area contributed by atoms with Crippen LogP contribution in [0.15, 0.2) is 40.8 Å². The van der Waals surface area contributed by atoms with Crippen LogP contribution in [0.2, 0.25) is 0 Å². The highest BCUT2D eigenvalue weighted by molar-refractivity contribution is 7.71. The third-order valence-corrected chi connectivity index (χ3v) is 4.24. The van der Waals surface area contributed by atoms with Gasteiger partial charge >= 0.3 is 0 Å². The van der Waals surface area contributed by atoms with E-state index in [-0.39, 0.29) is 11.6 Å². The number of fused-ring (bicyclic) bond motifs is 1. The largest absolute Gasteiger partial charge is 0.323 e. The van der Waals surface area contributed by atoms with Gasteiger partial charge in [0.1, 0.15) is 4.83 Å². The Kier molecular flexibility index (Phi) is 3.04. The number of H-pyrrole nitrogens is 1. The first-order chi connectivity index (χ1) is 9.18. The van der Waals surface area contributed by atoms with Crippen LogP contribution in [0.1, 0.15) is 18.5 Å². The maximum Gasteiger partial charge on any atom is 0.263 e. The minimum absolute atomic E-state index is 0.0589. The van der Waals surface area contributed by atoms with Crippen molar-refractivity contribution in [3.63, 3.8) is 0 Å².